The molecule has 0 fully saturated rings. The Morgan fingerprint density at radius 1 is 1.09 bits per heavy atom. The largest absolute Gasteiger partial charge is 0.493 e. The molecule has 0 spiro atoms. The average Bonchev–Trinajstić information content (AvgIpc) is 3.25. The molecule has 0 aliphatic carbocycles. The van der Waals surface area contributed by atoms with Gasteiger partial charge in [0.2, 0.25) is 0 Å². The van der Waals surface area contributed by atoms with Crippen LogP contribution in [0.15, 0.2) is 52.9 Å². The summed E-state index contributed by atoms with van der Waals surface area (Å²) < 4.78 is 30.3. The molecule has 10 heteroatoms. The van der Waals surface area contributed by atoms with Crippen molar-refractivity contribution in [2.75, 3.05) is 24.3 Å². The first-order valence-corrected chi connectivity index (χ1v) is 12.0. The van der Waals surface area contributed by atoms with E-state index in [2.05, 4.69) is 10.3 Å². The number of hydrogen-bond acceptors (Lipinski definition) is 8. The zero-order valence-corrected chi connectivity index (χ0v) is 19.8. The van der Waals surface area contributed by atoms with E-state index >= 15 is 0 Å². The van der Waals surface area contributed by atoms with Crippen LogP contribution in [0.4, 0.5) is 9.52 Å². The smallest absolute Gasteiger partial charge is 0.316 e. The van der Waals surface area contributed by atoms with Gasteiger partial charge in [0, 0.05) is 11.6 Å². The second-order valence-corrected chi connectivity index (χ2v) is 8.94. The Labute approximate surface area is 199 Å². The van der Waals surface area contributed by atoms with Gasteiger partial charge in [0.1, 0.15) is 23.1 Å². The molecule has 1 amide bonds. The fourth-order valence-corrected chi connectivity index (χ4v) is 4.25. The van der Waals surface area contributed by atoms with Crippen molar-refractivity contribution in [3.8, 4) is 17.2 Å². The van der Waals surface area contributed by atoms with Crippen molar-refractivity contribution in [1.29, 1.82) is 0 Å². The molecule has 0 unspecified atom stereocenters. The molecule has 0 bridgehead atoms. The lowest BCUT2D eigenvalue weighted by atomic mass is 10.2. The maximum absolute atomic E-state index is 13.2. The number of amides is 1. The lowest BCUT2D eigenvalue weighted by Gasteiger charge is -2.12. The highest BCUT2D eigenvalue weighted by Gasteiger charge is 2.14. The number of hydrogen-bond donors (Lipinski definition) is 1. The molecule has 174 valence electrons. The van der Waals surface area contributed by atoms with Crippen molar-refractivity contribution in [3.05, 3.63) is 60.0 Å². The van der Waals surface area contributed by atoms with Gasteiger partial charge in [0.15, 0.2) is 5.13 Å². The predicted molar refractivity (Wildman–Crippen MR) is 126 cm³/mol. The van der Waals surface area contributed by atoms with Gasteiger partial charge in [0.05, 0.1) is 29.4 Å². The SMILES string of the molecule is CCCOc1cc(Oc2ccc(F)cc2)cc(C(=O)Nc2ncc(SCC(=O)OCC)s2)c1. The molecule has 3 aromatic rings. The number of anilines is 1. The molecule has 0 radical (unpaired) electrons. The highest BCUT2D eigenvalue weighted by Crippen LogP contribution is 2.31. The summed E-state index contributed by atoms with van der Waals surface area (Å²) in [6.45, 7) is 4.54. The first kappa shape index (κ1) is 24.5. The van der Waals surface area contributed by atoms with E-state index in [-0.39, 0.29) is 17.5 Å². The number of benzene rings is 2. The van der Waals surface area contributed by atoms with Crippen LogP contribution in [0.2, 0.25) is 0 Å². The molecule has 33 heavy (non-hydrogen) atoms. The lowest BCUT2D eigenvalue weighted by molar-refractivity contribution is -0.139. The van der Waals surface area contributed by atoms with E-state index in [4.69, 9.17) is 14.2 Å². The second kappa shape index (κ2) is 12.2. The number of aromatic nitrogens is 1. The predicted octanol–water partition coefficient (Wildman–Crippen LogP) is 5.77. The molecule has 7 nitrogen and oxygen atoms in total. The minimum Gasteiger partial charge on any atom is -0.493 e. The number of carbonyl (C=O) groups is 2. The topological polar surface area (TPSA) is 86.8 Å². The zero-order valence-electron chi connectivity index (χ0n) is 18.1. The summed E-state index contributed by atoms with van der Waals surface area (Å²) in [6.07, 6.45) is 2.39. The van der Waals surface area contributed by atoms with Gasteiger partial charge >= 0.3 is 5.97 Å². The summed E-state index contributed by atoms with van der Waals surface area (Å²) in [7, 11) is 0. The van der Waals surface area contributed by atoms with Crippen LogP contribution in [0.25, 0.3) is 0 Å². The minimum absolute atomic E-state index is 0.171. The lowest BCUT2D eigenvalue weighted by Crippen LogP contribution is -2.12. The van der Waals surface area contributed by atoms with Crippen molar-refractivity contribution in [3.63, 3.8) is 0 Å². The van der Waals surface area contributed by atoms with Crippen LogP contribution in [0, 0.1) is 5.82 Å². The molecule has 0 saturated carbocycles. The van der Waals surface area contributed by atoms with E-state index in [1.165, 1.54) is 47.4 Å². The molecule has 1 heterocycles. The number of nitrogens with zero attached hydrogens (tertiary/aromatic N) is 1. The molecule has 1 aromatic heterocycles. The van der Waals surface area contributed by atoms with Crippen LogP contribution in [-0.2, 0) is 9.53 Å². The quantitative estimate of drug-likeness (QED) is 0.270. The number of ether oxygens (including phenoxy) is 3. The Bertz CT molecular complexity index is 1090. The van der Waals surface area contributed by atoms with E-state index in [1.807, 2.05) is 6.92 Å². The Morgan fingerprint density at radius 2 is 1.85 bits per heavy atom. The van der Waals surface area contributed by atoms with Crippen molar-refractivity contribution >= 4 is 40.1 Å². The molecule has 2 aromatic carbocycles. The molecular formula is C23H23FN2O5S2. The van der Waals surface area contributed by atoms with Crippen LogP contribution in [0.3, 0.4) is 0 Å². The van der Waals surface area contributed by atoms with Gasteiger partial charge in [-0.05, 0) is 49.7 Å². The summed E-state index contributed by atoms with van der Waals surface area (Å²) in [5, 5.41) is 3.15. The average molecular weight is 491 g/mol. The number of thioether (sulfide) groups is 1. The van der Waals surface area contributed by atoms with E-state index in [0.717, 1.165) is 10.6 Å². The van der Waals surface area contributed by atoms with Gasteiger partial charge < -0.3 is 14.2 Å². The van der Waals surface area contributed by atoms with Gasteiger partial charge in [-0.15, -0.1) is 11.8 Å². The fourth-order valence-electron chi connectivity index (χ4n) is 2.59. The molecule has 0 aliphatic rings. The van der Waals surface area contributed by atoms with Crippen molar-refractivity contribution in [2.45, 2.75) is 24.5 Å². The highest BCUT2D eigenvalue weighted by atomic mass is 32.2. The van der Waals surface area contributed by atoms with Crippen LogP contribution in [-0.4, -0.2) is 35.8 Å². The molecule has 1 N–H and O–H groups in total. The number of thiazole rings is 1. The monoisotopic (exact) mass is 490 g/mol. The number of carbonyl (C=O) groups excluding carboxylic acids is 2. The van der Waals surface area contributed by atoms with E-state index in [9.17, 15) is 14.0 Å². The third-order valence-electron chi connectivity index (χ3n) is 4.01. The standard InChI is InChI=1S/C23H23FN2O5S2/c1-3-9-30-18-10-15(11-19(12-18)31-17-7-5-16(24)6-8-17)22(28)26-23-25-13-21(33-23)32-14-20(27)29-4-2/h5-8,10-13H,3-4,9,14H2,1-2H3,(H,25,26,28). The fraction of sp³-hybridized carbons (Fsp3) is 0.261. The van der Waals surface area contributed by atoms with Crippen LogP contribution >= 0.6 is 23.1 Å². The van der Waals surface area contributed by atoms with Crippen LogP contribution in [0.5, 0.6) is 17.2 Å². The van der Waals surface area contributed by atoms with Crippen molar-refractivity contribution in [1.82, 2.24) is 4.98 Å². The van der Waals surface area contributed by atoms with Crippen molar-refractivity contribution in [2.24, 2.45) is 0 Å². The van der Waals surface area contributed by atoms with Gasteiger partial charge in [-0.3, -0.25) is 14.9 Å². The van der Waals surface area contributed by atoms with Crippen LogP contribution in [0.1, 0.15) is 30.6 Å². The Kier molecular flexibility index (Phi) is 9.08. The van der Waals surface area contributed by atoms with E-state index in [0.29, 0.717) is 41.2 Å². The summed E-state index contributed by atoms with van der Waals surface area (Å²) in [5.74, 6) is 0.391. The molecule has 0 saturated heterocycles. The van der Waals surface area contributed by atoms with Gasteiger partial charge in [-0.1, -0.05) is 18.3 Å². The van der Waals surface area contributed by atoms with E-state index < -0.39 is 5.91 Å². The van der Waals surface area contributed by atoms with Gasteiger partial charge in [0.25, 0.3) is 5.91 Å². The normalized spacial score (nSPS) is 10.5. The van der Waals surface area contributed by atoms with Gasteiger partial charge in [-0.2, -0.15) is 0 Å². The maximum atomic E-state index is 13.2. The second-order valence-electron chi connectivity index (χ2n) is 6.63. The Morgan fingerprint density at radius 3 is 2.58 bits per heavy atom. The van der Waals surface area contributed by atoms with Crippen LogP contribution < -0.4 is 14.8 Å². The summed E-state index contributed by atoms with van der Waals surface area (Å²) in [4.78, 5) is 28.6. The third-order valence-corrected chi connectivity index (χ3v) is 6.09. The third kappa shape index (κ3) is 7.76. The first-order valence-electron chi connectivity index (χ1n) is 10.2. The molecule has 0 atom stereocenters. The number of rotatable bonds is 11. The highest BCUT2D eigenvalue weighted by molar-refractivity contribution is 8.01. The summed E-state index contributed by atoms with van der Waals surface area (Å²) in [6, 6.07) is 10.4. The molecule has 3 rings (SSSR count). The molecular weight excluding hydrogens is 467 g/mol. The summed E-state index contributed by atoms with van der Waals surface area (Å²) in [5.41, 5.74) is 0.316. The molecule has 0 aliphatic heterocycles. The Hall–Kier alpha value is -3.11. The first-order chi connectivity index (χ1) is 16.0. The van der Waals surface area contributed by atoms with E-state index in [1.54, 1.807) is 31.3 Å². The summed E-state index contributed by atoms with van der Waals surface area (Å²) >= 11 is 2.55. The maximum Gasteiger partial charge on any atom is 0.316 e. The number of esters is 1. The van der Waals surface area contributed by atoms with Crippen molar-refractivity contribution < 1.29 is 28.2 Å². The Balaban J connectivity index is 1.71. The number of halogens is 1. The minimum atomic E-state index is -0.391. The number of nitrogens with one attached hydrogen (secondary N) is 1. The zero-order chi connectivity index (χ0) is 23.6. The van der Waals surface area contributed by atoms with Gasteiger partial charge in [-0.25, -0.2) is 9.37 Å².